The summed E-state index contributed by atoms with van der Waals surface area (Å²) in [5.41, 5.74) is 2.64. The predicted octanol–water partition coefficient (Wildman–Crippen LogP) is 4.67. The number of hydrogen-bond acceptors (Lipinski definition) is 9. The number of rotatable bonds is 10. The maximum absolute atomic E-state index is 13.8. The van der Waals surface area contributed by atoms with Gasteiger partial charge in [0.1, 0.15) is 29.5 Å². The normalized spacial score (nSPS) is 18.9. The van der Waals surface area contributed by atoms with Gasteiger partial charge in [0.2, 0.25) is 5.91 Å². The van der Waals surface area contributed by atoms with Gasteiger partial charge >= 0.3 is 0 Å². The Kier molecular flexibility index (Phi) is 8.39. The minimum Gasteiger partial charge on any atom is -0.494 e. The van der Waals surface area contributed by atoms with Gasteiger partial charge in [0.25, 0.3) is 0 Å². The van der Waals surface area contributed by atoms with Crippen molar-refractivity contribution in [3.63, 3.8) is 0 Å². The Morgan fingerprint density at radius 3 is 2.51 bits per heavy atom. The molecule has 6 rings (SSSR count). The van der Waals surface area contributed by atoms with Crippen molar-refractivity contribution < 1.29 is 23.1 Å². The van der Waals surface area contributed by atoms with Gasteiger partial charge in [0.05, 0.1) is 36.8 Å². The van der Waals surface area contributed by atoms with Crippen molar-refractivity contribution in [2.24, 2.45) is 0 Å². The van der Waals surface area contributed by atoms with Crippen LogP contribution in [0, 0.1) is 11.6 Å². The first kappa shape index (κ1) is 28.8. The third-order valence-corrected chi connectivity index (χ3v) is 8.03. The lowest BCUT2D eigenvalue weighted by Crippen LogP contribution is -2.47. The molecular weight excluding hydrogens is 556 g/mol. The molecule has 0 bridgehead atoms. The molecule has 3 aromatic rings. The van der Waals surface area contributed by atoms with Gasteiger partial charge in [-0.15, -0.1) is 0 Å². The molecule has 3 aliphatic rings. The molecule has 0 spiro atoms. The van der Waals surface area contributed by atoms with Crippen molar-refractivity contribution in [2.75, 3.05) is 60.5 Å². The fourth-order valence-corrected chi connectivity index (χ4v) is 5.77. The van der Waals surface area contributed by atoms with Crippen LogP contribution in [0.1, 0.15) is 24.8 Å². The highest BCUT2D eigenvalue weighted by Gasteiger charge is 2.32. The zero-order valence-electron chi connectivity index (χ0n) is 24.1. The Labute approximate surface area is 249 Å². The van der Waals surface area contributed by atoms with Crippen molar-refractivity contribution >= 4 is 34.6 Å². The van der Waals surface area contributed by atoms with E-state index >= 15 is 0 Å². The highest BCUT2D eigenvalue weighted by atomic mass is 19.1. The summed E-state index contributed by atoms with van der Waals surface area (Å²) in [6, 6.07) is 9.56. The minimum atomic E-state index is -0.613. The standard InChI is InChI=1S/C31H35F2N7O3/c1-3-31(41)37-25-16-26(28(42-2)17-27(25)39-9-7-38(8-10-39)23-4-5-23)36-29-18-30(35-19-34-29)40-24(6-11-43-40)14-20-12-21(32)15-22(33)13-20/h3,12-13,15-19,23-24H,1,4-11,14H2,2H3,(H,37,41)(H,34,35,36)/t24-/m1/s1. The summed E-state index contributed by atoms with van der Waals surface area (Å²) in [4.78, 5) is 31.8. The molecule has 12 heteroatoms. The molecule has 43 heavy (non-hydrogen) atoms. The fraction of sp³-hybridized carbons (Fsp3) is 0.387. The minimum absolute atomic E-state index is 0.168. The Morgan fingerprint density at radius 1 is 1.05 bits per heavy atom. The SMILES string of the molecule is C=CC(=O)Nc1cc(Nc2cc(N3OCC[C@@H]3Cc3cc(F)cc(F)c3)ncn2)c(OC)cc1N1CCN(C2CC2)CC1. The number of nitrogens with zero attached hydrogens (tertiary/aromatic N) is 5. The summed E-state index contributed by atoms with van der Waals surface area (Å²) in [5.74, 6) is 0.0205. The molecule has 1 saturated carbocycles. The average Bonchev–Trinajstić information content (AvgIpc) is 3.75. The summed E-state index contributed by atoms with van der Waals surface area (Å²) >= 11 is 0. The van der Waals surface area contributed by atoms with Crippen molar-refractivity contribution in [3.05, 3.63) is 72.6 Å². The van der Waals surface area contributed by atoms with E-state index in [-0.39, 0.29) is 11.9 Å². The molecule has 1 atom stereocenters. The quantitative estimate of drug-likeness (QED) is 0.326. The van der Waals surface area contributed by atoms with Crippen LogP contribution in [-0.2, 0) is 16.1 Å². The topological polar surface area (TPSA) is 95.1 Å². The van der Waals surface area contributed by atoms with E-state index in [2.05, 4.69) is 37.0 Å². The lowest BCUT2D eigenvalue weighted by molar-refractivity contribution is -0.111. The van der Waals surface area contributed by atoms with Gasteiger partial charge < -0.3 is 20.3 Å². The van der Waals surface area contributed by atoms with Crippen LogP contribution < -0.4 is 25.3 Å². The van der Waals surface area contributed by atoms with Gasteiger partial charge in [0.15, 0.2) is 5.82 Å². The van der Waals surface area contributed by atoms with Crippen molar-refractivity contribution in [2.45, 2.75) is 37.8 Å². The zero-order chi connectivity index (χ0) is 29.9. The second kappa shape index (κ2) is 12.5. The monoisotopic (exact) mass is 591 g/mol. The zero-order valence-corrected chi connectivity index (χ0v) is 24.1. The number of hydroxylamine groups is 1. The number of piperazine rings is 1. The summed E-state index contributed by atoms with van der Waals surface area (Å²) < 4.78 is 33.3. The molecular formula is C31H35F2N7O3. The largest absolute Gasteiger partial charge is 0.494 e. The number of halogens is 2. The van der Waals surface area contributed by atoms with Gasteiger partial charge in [-0.2, -0.15) is 0 Å². The number of carbonyl (C=O) groups is 1. The molecule has 3 fully saturated rings. The van der Waals surface area contributed by atoms with Gasteiger partial charge in [-0.3, -0.25) is 14.5 Å². The van der Waals surface area contributed by atoms with Gasteiger partial charge in [-0.05, 0) is 55.5 Å². The van der Waals surface area contributed by atoms with E-state index in [9.17, 15) is 13.6 Å². The second-order valence-electron chi connectivity index (χ2n) is 11.0. The number of ether oxygens (including phenoxy) is 1. The third kappa shape index (κ3) is 6.70. The Hall–Kier alpha value is -4.29. The number of carbonyl (C=O) groups excluding carboxylic acids is 1. The van der Waals surface area contributed by atoms with E-state index < -0.39 is 11.6 Å². The Bertz CT molecular complexity index is 1470. The van der Waals surface area contributed by atoms with Crippen LogP contribution in [0.15, 0.2) is 55.4 Å². The van der Waals surface area contributed by atoms with E-state index in [1.54, 1.807) is 18.2 Å². The fourth-order valence-electron chi connectivity index (χ4n) is 5.77. The maximum Gasteiger partial charge on any atom is 0.247 e. The predicted molar refractivity (Wildman–Crippen MR) is 161 cm³/mol. The highest BCUT2D eigenvalue weighted by Crippen LogP contribution is 2.40. The van der Waals surface area contributed by atoms with Crippen LogP contribution in [0.4, 0.5) is 37.5 Å². The number of benzene rings is 2. The molecule has 2 aromatic carbocycles. The number of nitrogens with one attached hydrogen (secondary N) is 2. The molecule has 2 N–H and O–H groups in total. The van der Waals surface area contributed by atoms with E-state index in [0.717, 1.165) is 37.9 Å². The molecule has 10 nitrogen and oxygen atoms in total. The average molecular weight is 592 g/mol. The second-order valence-corrected chi connectivity index (χ2v) is 11.0. The van der Waals surface area contributed by atoms with Crippen molar-refractivity contribution in [1.29, 1.82) is 0 Å². The van der Waals surface area contributed by atoms with Gasteiger partial charge in [0, 0.05) is 50.4 Å². The lowest BCUT2D eigenvalue weighted by atomic mass is 10.0. The van der Waals surface area contributed by atoms with Crippen molar-refractivity contribution in [3.8, 4) is 5.75 Å². The molecule has 2 aliphatic heterocycles. The molecule has 1 aliphatic carbocycles. The number of amides is 1. The summed E-state index contributed by atoms with van der Waals surface area (Å²) in [6.07, 6.45) is 6.26. The van der Waals surface area contributed by atoms with Crippen LogP contribution in [0.3, 0.4) is 0 Å². The molecule has 226 valence electrons. The van der Waals surface area contributed by atoms with Crippen LogP contribution in [0.2, 0.25) is 0 Å². The van der Waals surface area contributed by atoms with Crippen molar-refractivity contribution in [1.82, 2.24) is 14.9 Å². The van der Waals surface area contributed by atoms with E-state index in [1.807, 2.05) is 12.1 Å². The first-order valence-electron chi connectivity index (χ1n) is 14.5. The van der Waals surface area contributed by atoms with Crippen LogP contribution in [0.25, 0.3) is 0 Å². The summed E-state index contributed by atoms with van der Waals surface area (Å²) in [7, 11) is 1.60. The molecule has 3 heterocycles. The number of aromatic nitrogens is 2. The molecule has 0 unspecified atom stereocenters. The Morgan fingerprint density at radius 2 is 1.81 bits per heavy atom. The molecule has 0 radical (unpaired) electrons. The lowest BCUT2D eigenvalue weighted by Gasteiger charge is -2.37. The Balaban J connectivity index is 1.23. The van der Waals surface area contributed by atoms with Crippen LogP contribution in [0.5, 0.6) is 5.75 Å². The van der Waals surface area contributed by atoms with E-state index in [1.165, 1.54) is 37.4 Å². The van der Waals surface area contributed by atoms with Crippen LogP contribution >= 0.6 is 0 Å². The number of methoxy groups -OCH3 is 1. The summed E-state index contributed by atoms with van der Waals surface area (Å²) in [6.45, 7) is 7.69. The smallest absolute Gasteiger partial charge is 0.247 e. The maximum atomic E-state index is 13.8. The van der Waals surface area contributed by atoms with Crippen LogP contribution in [-0.4, -0.2) is 72.8 Å². The van der Waals surface area contributed by atoms with E-state index in [0.29, 0.717) is 59.8 Å². The van der Waals surface area contributed by atoms with E-state index in [4.69, 9.17) is 9.57 Å². The van der Waals surface area contributed by atoms with Gasteiger partial charge in [-0.25, -0.2) is 23.8 Å². The molecule has 1 amide bonds. The van der Waals surface area contributed by atoms with Gasteiger partial charge in [-0.1, -0.05) is 6.58 Å². The number of anilines is 5. The molecule has 1 aromatic heterocycles. The first-order chi connectivity index (χ1) is 20.9. The molecule has 2 saturated heterocycles. The summed E-state index contributed by atoms with van der Waals surface area (Å²) in [5, 5.41) is 7.91. The first-order valence-corrected chi connectivity index (χ1v) is 14.5. The number of hydrogen-bond donors (Lipinski definition) is 2. The third-order valence-electron chi connectivity index (χ3n) is 8.03. The highest BCUT2D eigenvalue weighted by molar-refractivity contribution is 6.02.